The number of rotatable bonds is 2. The van der Waals surface area contributed by atoms with Crippen molar-refractivity contribution in [3.05, 3.63) is 27.9 Å². The predicted molar refractivity (Wildman–Crippen MR) is 72.2 cm³/mol. The third-order valence-electron chi connectivity index (χ3n) is 2.75. The molecule has 5 heteroatoms. The summed E-state index contributed by atoms with van der Waals surface area (Å²) in [6.07, 6.45) is 0. The van der Waals surface area contributed by atoms with Crippen LogP contribution in [0.2, 0.25) is 0 Å². The molecule has 0 aliphatic rings. The first kappa shape index (κ1) is 12.0. The number of nitrogens with two attached hydrogens (primary N) is 1. The van der Waals surface area contributed by atoms with Crippen LogP contribution in [-0.2, 0) is 0 Å². The summed E-state index contributed by atoms with van der Waals surface area (Å²) in [6, 6.07) is 4.05. The van der Waals surface area contributed by atoms with Gasteiger partial charge in [0.1, 0.15) is 16.0 Å². The van der Waals surface area contributed by atoms with Gasteiger partial charge < -0.3 is 15.5 Å². The number of anilines is 1. The molecule has 3 N–H and O–H groups in total. The molecule has 0 aliphatic heterocycles. The van der Waals surface area contributed by atoms with Crippen LogP contribution in [-0.4, -0.2) is 17.1 Å². The van der Waals surface area contributed by atoms with Gasteiger partial charge in [0, 0.05) is 5.56 Å². The Morgan fingerprint density at radius 1 is 1.29 bits per heavy atom. The van der Waals surface area contributed by atoms with Crippen molar-refractivity contribution in [2.45, 2.75) is 13.8 Å². The lowest BCUT2D eigenvalue weighted by molar-refractivity contribution is 0.416. The molecule has 1 aromatic carbocycles. The average Bonchev–Trinajstić information content (AvgIpc) is 2.61. The number of hydrogen-bond acceptors (Lipinski definition) is 3. The number of imidazole rings is 1. The SMILES string of the molecule is COc1cc(C)c(C)cc1-c1nc(N)[nH]c1Br. The minimum absolute atomic E-state index is 0.382. The highest BCUT2D eigenvalue weighted by atomic mass is 79.9. The standard InChI is InChI=1S/C12H14BrN3O/c1-6-4-8(9(17-3)5-7(6)2)10-11(13)16-12(14)15-10/h4-5H,1-3H3,(H3,14,15,16). The molecular weight excluding hydrogens is 282 g/mol. The number of aromatic nitrogens is 2. The molecule has 0 spiro atoms. The Bertz CT molecular complexity index is 563. The molecule has 0 radical (unpaired) electrons. The predicted octanol–water partition coefficient (Wildman–Crippen LogP) is 3.05. The summed E-state index contributed by atoms with van der Waals surface area (Å²) in [7, 11) is 1.65. The van der Waals surface area contributed by atoms with Crippen molar-refractivity contribution in [3.8, 4) is 17.0 Å². The van der Waals surface area contributed by atoms with Gasteiger partial charge in [0.25, 0.3) is 0 Å². The molecule has 0 aliphatic carbocycles. The lowest BCUT2D eigenvalue weighted by Crippen LogP contribution is -1.92. The van der Waals surface area contributed by atoms with E-state index < -0.39 is 0 Å². The number of nitrogens with one attached hydrogen (secondary N) is 1. The van der Waals surface area contributed by atoms with Gasteiger partial charge >= 0.3 is 0 Å². The van der Waals surface area contributed by atoms with Gasteiger partial charge in [0.2, 0.25) is 0 Å². The number of halogens is 1. The van der Waals surface area contributed by atoms with E-state index in [1.807, 2.05) is 6.07 Å². The van der Waals surface area contributed by atoms with E-state index in [1.165, 1.54) is 11.1 Å². The van der Waals surface area contributed by atoms with Crippen LogP contribution in [0, 0.1) is 13.8 Å². The zero-order valence-electron chi connectivity index (χ0n) is 9.97. The fourth-order valence-corrected chi connectivity index (χ4v) is 2.20. The summed E-state index contributed by atoms with van der Waals surface area (Å²) in [5.41, 5.74) is 9.71. The van der Waals surface area contributed by atoms with E-state index >= 15 is 0 Å². The maximum absolute atomic E-state index is 5.64. The number of aromatic amines is 1. The molecule has 0 unspecified atom stereocenters. The zero-order chi connectivity index (χ0) is 12.6. The number of H-pyrrole nitrogens is 1. The quantitative estimate of drug-likeness (QED) is 0.895. The van der Waals surface area contributed by atoms with E-state index in [2.05, 4.69) is 45.8 Å². The first-order valence-corrected chi connectivity index (χ1v) is 5.98. The largest absolute Gasteiger partial charge is 0.496 e. The van der Waals surface area contributed by atoms with Gasteiger partial charge in [-0.25, -0.2) is 4.98 Å². The highest BCUT2D eigenvalue weighted by molar-refractivity contribution is 9.10. The maximum atomic E-state index is 5.64. The van der Waals surface area contributed by atoms with Gasteiger partial charge in [-0.3, -0.25) is 0 Å². The normalized spacial score (nSPS) is 10.6. The highest BCUT2D eigenvalue weighted by Crippen LogP contribution is 2.35. The van der Waals surface area contributed by atoms with Crippen molar-refractivity contribution in [2.75, 3.05) is 12.8 Å². The molecule has 4 nitrogen and oxygen atoms in total. The Kier molecular flexibility index (Phi) is 3.11. The van der Waals surface area contributed by atoms with Crippen LogP contribution in [0.5, 0.6) is 5.75 Å². The lowest BCUT2D eigenvalue weighted by atomic mass is 10.0. The summed E-state index contributed by atoms with van der Waals surface area (Å²) >= 11 is 3.41. The minimum Gasteiger partial charge on any atom is -0.496 e. The second-order valence-electron chi connectivity index (χ2n) is 3.92. The number of aryl methyl sites for hydroxylation is 2. The number of hydrogen-bond donors (Lipinski definition) is 2. The van der Waals surface area contributed by atoms with E-state index in [1.54, 1.807) is 7.11 Å². The Hall–Kier alpha value is -1.49. The number of benzene rings is 1. The van der Waals surface area contributed by atoms with Crippen molar-refractivity contribution in [1.82, 2.24) is 9.97 Å². The summed E-state index contributed by atoms with van der Waals surface area (Å²) in [6.45, 7) is 4.11. The summed E-state index contributed by atoms with van der Waals surface area (Å²) < 4.78 is 6.14. The van der Waals surface area contributed by atoms with Crippen LogP contribution in [0.25, 0.3) is 11.3 Å². The minimum atomic E-state index is 0.382. The molecule has 0 amide bonds. The van der Waals surface area contributed by atoms with Crippen LogP contribution >= 0.6 is 15.9 Å². The zero-order valence-corrected chi connectivity index (χ0v) is 11.6. The van der Waals surface area contributed by atoms with Crippen LogP contribution in [0.1, 0.15) is 11.1 Å². The fraction of sp³-hybridized carbons (Fsp3) is 0.250. The Labute approximate surface area is 108 Å². The van der Waals surface area contributed by atoms with Gasteiger partial charge in [-0.05, 0) is 53.0 Å². The van der Waals surface area contributed by atoms with E-state index in [-0.39, 0.29) is 0 Å². The van der Waals surface area contributed by atoms with Crippen LogP contribution < -0.4 is 10.5 Å². The number of ether oxygens (including phenoxy) is 1. The second-order valence-corrected chi connectivity index (χ2v) is 4.71. The van der Waals surface area contributed by atoms with Gasteiger partial charge in [0.05, 0.1) is 7.11 Å². The summed E-state index contributed by atoms with van der Waals surface area (Å²) in [5, 5.41) is 0. The third-order valence-corrected chi connectivity index (χ3v) is 3.32. The molecule has 17 heavy (non-hydrogen) atoms. The smallest absolute Gasteiger partial charge is 0.198 e. The Balaban J connectivity index is 2.66. The average molecular weight is 296 g/mol. The van der Waals surface area contributed by atoms with Crippen LogP contribution in [0.4, 0.5) is 5.95 Å². The van der Waals surface area contributed by atoms with Crippen molar-refractivity contribution in [3.63, 3.8) is 0 Å². The monoisotopic (exact) mass is 295 g/mol. The van der Waals surface area contributed by atoms with Crippen LogP contribution in [0.15, 0.2) is 16.7 Å². The van der Waals surface area contributed by atoms with Crippen molar-refractivity contribution in [1.29, 1.82) is 0 Å². The molecule has 2 rings (SSSR count). The molecule has 0 bridgehead atoms. The molecule has 0 saturated carbocycles. The van der Waals surface area contributed by atoms with Gasteiger partial charge in [0.15, 0.2) is 5.95 Å². The Morgan fingerprint density at radius 2 is 1.94 bits per heavy atom. The summed E-state index contributed by atoms with van der Waals surface area (Å²) in [4.78, 5) is 7.17. The van der Waals surface area contributed by atoms with Gasteiger partial charge in [-0.1, -0.05) is 0 Å². The Morgan fingerprint density at radius 3 is 2.47 bits per heavy atom. The summed E-state index contributed by atoms with van der Waals surface area (Å²) in [5.74, 6) is 1.17. The molecule has 1 aromatic heterocycles. The topological polar surface area (TPSA) is 63.9 Å². The number of nitrogen functional groups attached to an aromatic ring is 1. The van der Waals surface area contributed by atoms with E-state index in [0.29, 0.717) is 5.95 Å². The fourth-order valence-electron chi connectivity index (χ4n) is 1.69. The molecule has 0 saturated heterocycles. The molecule has 0 fully saturated rings. The van der Waals surface area contributed by atoms with Crippen molar-refractivity contribution < 1.29 is 4.74 Å². The maximum Gasteiger partial charge on any atom is 0.198 e. The molecule has 1 heterocycles. The second kappa shape index (κ2) is 4.41. The highest BCUT2D eigenvalue weighted by Gasteiger charge is 2.14. The van der Waals surface area contributed by atoms with Crippen molar-refractivity contribution >= 4 is 21.9 Å². The van der Waals surface area contributed by atoms with Gasteiger partial charge in [-0.2, -0.15) is 0 Å². The first-order valence-electron chi connectivity index (χ1n) is 5.19. The molecule has 0 atom stereocenters. The third kappa shape index (κ3) is 2.15. The molecule has 90 valence electrons. The van der Waals surface area contributed by atoms with E-state index in [4.69, 9.17) is 10.5 Å². The van der Waals surface area contributed by atoms with Gasteiger partial charge in [-0.15, -0.1) is 0 Å². The lowest BCUT2D eigenvalue weighted by Gasteiger charge is -2.10. The number of methoxy groups -OCH3 is 1. The van der Waals surface area contributed by atoms with E-state index in [0.717, 1.165) is 21.6 Å². The molecule has 2 aromatic rings. The van der Waals surface area contributed by atoms with E-state index in [9.17, 15) is 0 Å². The molecular formula is C12H14BrN3O. The van der Waals surface area contributed by atoms with Crippen LogP contribution in [0.3, 0.4) is 0 Å². The first-order chi connectivity index (χ1) is 8.02. The van der Waals surface area contributed by atoms with Crippen molar-refractivity contribution in [2.24, 2.45) is 0 Å². The number of nitrogens with zero attached hydrogens (tertiary/aromatic N) is 1.